The molecule has 0 heterocycles. The van der Waals surface area contributed by atoms with E-state index in [-0.39, 0.29) is 17.0 Å². The third kappa shape index (κ3) is 8.55. The van der Waals surface area contributed by atoms with E-state index in [1.165, 1.54) is 18.2 Å². The van der Waals surface area contributed by atoms with Crippen LogP contribution >= 0.6 is 0 Å². The number of ether oxygens (including phenoxy) is 1. The lowest BCUT2D eigenvalue weighted by Crippen LogP contribution is -2.40. The first-order valence-corrected chi connectivity index (χ1v) is 9.59. The van der Waals surface area contributed by atoms with Crippen molar-refractivity contribution in [3.8, 4) is 5.75 Å². The van der Waals surface area contributed by atoms with Crippen molar-refractivity contribution < 1.29 is 22.1 Å². The number of aliphatic imine (C=N–C) groups is 1. The van der Waals surface area contributed by atoms with Gasteiger partial charge in [0.1, 0.15) is 5.75 Å². The Hall–Kier alpha value is -1.77. The van der Waals surface area contributed by atoms with Crippen LogP contribution in [0, 0.1) is 0 Å². The van der Waals surface area contributed by atoms with Crippen molar-refractivity contribution in [1.82, 2.24) is 10.6 Å². The monoisotopic (exact) mass is 393 g/mol. The summed E-state index contributed by atoms with van der Waals surface area (Å²) in [7, 11) is -1.00. The van der Waals surface area contributed by atoms with Crippen LogP contribution in [0.25, 0.3) is 0 Å². The molecule has 0 saturated carbocycles. The minimum absolute atomic E-state index is 0.0178. The van der Waals surface area contributed by atoms with E-state index in [0.29, 0.717) is 30.4 Å². The van der Waals surface area contributed by atoms with E-state index in [4.69, 9.17) is 0 Å². The molecule has 1 unspecified atom stereocenters. The van der Waals surface area contributed by atoms with Crippen LogP contribution in [-0.4, -0.2) is 40.1 Å². The van der Waals surface area contributed by atoms with E-state index in [9.17, 15) is 17.4 Å². The maximum absolute atomic E-state index is 12.5. The van der Waals surface area contributed by atoms with Gasteiger partial charge in [0, 0.05) is 40.0 Å². The molecular formula is C17H26F3N3O2S. The highest BCUT2D eigenvalue weighted by Crippen LogP contribution is 2.26. The molecule has 148 valence electrons. The van der Waals surface area contributed by atoms with Crippen LogP contribution in [0.5, 0.6) is 5.75 Å². The van der Waals surface area contributed by atoms with Crippen LogP contribution in [0.2, 0.25) is 0 Å². The zero-order chi connectivity index (χ0) is 19.8. The molecule has 0 saturated heterocycles. The largest absolute Gasteiger partial charge is 0.573 e. The van der Waals surface area contributed by atoms with Gasteiger partial charge in [-0.05, 0) is 33.8 Å². The van der Waals surface area contributed by atoms with Crippen molar-refractivity contribution in [2.75, 3.05) is 18.8 Å². The summed E-state index contributed by atoms with van der Waals surface area (Å²) in [6.45, 7) is 8.64. The molecular weight excluding hydrogens is 367 g/mol. The molecule has 0 bridgehead atoms. The number of halogens is 3. The van der Waals surface area contributed by atoms with Gasteiger partial charge >= 0.3 is 6.36 Å². The van der Waals surface area contributed by atoms with Gasteiger partial charge in [-0.15, -0.1) is 13.2 Å². The van der Waals surface area contributed by atoms with Gasteiger partial charge in [-0.1, -0.05) is 18.2 Å². The standard InChI is InChI=1S/C17H26F3N3O2S/c1-5-21-15(22-10-11-26(24)16(2,3)4)23-12-13-8-6-7-9-14(13)25-17(18,19)20/h6-9H,5,10-12H2,1-4H3,(H2,21,22,23). The number of nitrogens with zero attached hydrogens (tertiary/aromatic N) is 1. The summed E-state index contributed by atoms with van der Waals surface area (Å²) in [6, 6.07) is 5.88. The molecule has 2 N–H and O–H groups in total. The molecule has 0 aliphatic heterocycles. The molecule has 1 rings (SSSR count). The molecule has 0 aromatic heterocycles. The number of hydrogen-bond donors (Lipinski definition) is 2. The highest BCUT2D eigenvalue weighted by molar-refractivity contribution is 7.86. The molecule has 0 amide bonds. The fourth-order valence-corrected chi connectivity index (χ4v) is 2.83. The summed E-state index contributed by atoms with van der Waals surface area (Å²) < 4.78 is 53.2. The van der Waals surface area contributed by atoms with Crippen molar-refractivity contribution in [3.05, 3.63) is 29.8 Å². The molecule has 0 spiro atoms. The Balaban J connectivity index is 2.74. The van der Waals surface area contributed by atoms with Gasteiger partial charge in [0.25, 0.3) is 0 Å². The predicted molar refractivity (Wildman–Crippen MR) is 98.7 cm³/mol. The van der Waals surface area contributed by atoms with E-state index in [2.05, 4.69) is 20.4 Å². The van der Waals surface area contributed by atoms with Crippen LogP contribution < -0.4 is 15.4 Å². The van der Waals surface area contributed by atoms with Crippen molar-refractivity contribution in [1.29, 1.82) is 0 Å². The maximum atomic E-state index is 12.5. The highest BCUT2D eigenvalue weighted by atomic mass is 32.2. The van der Waals surface area contributed by atoms with Gasteiger partial charge in [-0.25, -0.2) is 4.99 Å². The van der Waals surface area contributed by atoms with Gasteiger partial charge in [0.15, 0.2) is 5.96 Å². The molecule has 0 aliphatic rings. The number of nitrogens with one attached hydrogen (secondary N) is 2. The first-order chi connectivity index (χ1) is 12.0. The van der Waals surface area contributed by atoms with E-state index in [1.54, 1.807) is 6.07 Å². The Morgan fingerprint density at radius 1 is 1.19 bits per heavy atom. The summed E-state index contributed by atoms with van der Waals surface area (Å²) >= 11 is 0. The maximum Gasteiger partial charge on any atom is 0.573 e. The van der Waals surface area contributed by atoms with E-state index < -0.39 is 17.2 Å². The second kappa shape index (κ2) is 9.80. The number of guanidine groups is 1. The van der Waals surface area contributed by atoms with Gasteiger partial charge in [-0.2, -0.15) is 0 Å². The predicted octanol–water partition coefficient (Wildman–Crippen LogP) is 3.19. The average Bonchev–Trinajstić information content (AvgIpc) is 2.51. The SMILES string of the molecule is CCNC(=NCc1ccccc1OC(F)(F)F)NCCS(=O)C(C)(C)C. The second-order valence-electron chi connectivity index (χ2n) is 6.44. The fraction of sp³-hybridized carbons (Fsp3) is 0.588. The molecule has 1 aromatic carbocycles. The zero-order valence-corrected chi connectivity index (χ0v) is 16.3. The minimum Gasteiger partial charge on any atom is -0.405 e. The van der Waals surface area contributed by atoms with Crippen molar-refractivity contribution in [2.24, 2.45) is 4.99 Å². The van der Waals surface area contributed by atoms with Crippen molar-refractivity contribution >= 4 is 16.8 Å². The number of para-hydroxylation sites is 1. The Bertz CT molecular complexity index is 628. The lowest BCUT2D eigenvalue weighted by atomic mass is 10.2. The topological polar surface area (TPSA) is 62.7 Å². The van der Waals surface area contributed by atoms with Crippen molar-refractivity contribution in [2.45, 2.75) is 45.3 Å². The third-order valence-electron chi connectivity index (χ3n) is 3.21. The van der Waals surface area contributed by atoms with Crippen LogP contribution in [0.4, 0.5) is 13.2 Å². The Morgan fingerprint density at radius 3 is 2.42 bits per heavy atom. The third-order valence-corrected chi connectivity index (χ3v) is 5.15. The summed E-state index contributed by atoms with van der Waals surface area (Å²) in [5, 5.41) is 6.05. The van der Waals surface area contributed by atoms with Crippen LogP contribution in [0.3, 0.4) is 0 Å². The quantitative estimate of drug-likeness (QED) is 0.552. The normalized spacial score (nSPS) is 14.0. The van der Waals surface area contributed by atoms with Gasteiger partial charge in [0.2, 0.25) is 0 Å². The lowest BCUT2D eigenvalue weighted by molar-refractivity contribution is -0.274. The van der Waals surface area contributed by atoms with Crippen LogP contribution in [-0.2, 0) is 17.3 Å². The molecule has 5 nitrogen and oxygen atoms in total. The Labute approximate surface area is 154 Å². The van der Waals surface area contributed by atoms with Gasteiger partial charge in [-0.3, -0.25) is 4.21 Å². The van der Waals surface area contributed by atoms with Gasteiger partial charge in [0.05, 0.1) is 6.54 Å². The Morgan fingerprint density at radius 2 is 1.85 bits per heavy atom. The molecule has 1 aromatic rings. The number of benzene rings is 1. The summed E-state index contributed by atoms with van der Waals surface area (Å²) in [5.74, 6) is 0.621. The average molecular weight is 393 g/mol. The fourth-order valence-electron chi connectivity index (χ4n) is 1.93. The zero-order valence-electron chi connectivity index (χ0n) is 15.4. The Kier molecular flexibility index (Phi) is 8.39. The summed E-state index contributed by atoms with van der Waals surface area (Å²) in [5.41, 5.74) is 0.320. The molecule has 0 aliphatic carbocycles. The van der Waals surface area contributed by atoms with Gasteiger partial charge < -0.3 is 15.4 Å². The molecule has 1 atom stereocenters. The number of hydrogen-bond acceptors (Lipinski definition) is 3. The number of alkyl halides is 3. The van der Waals surface area contributed by atoms with E-state index in [1.807, 2.05) is 27.7 Å². The van der Waals surface area contributed by atoms with E-state index >= 15 is 0 Å². The summed E-state index contributed by atoms with van der Waals surface area (Å²) in [6.07, 6.45) is -4.75. The molecule has 0 fully saturated rings. The second-order valence-corrected chi connectivity index (χ2v) is 8.76. The molecule has 26 heavy (non-hydrogen) atoms. The highest BCUT2D eigenvalue weighted by Gasteiger charge is 2.31. The first-order valence-electron chi connectivity index (χ1n) is 8.27. The van der Waals surface area contributed by atoms with Crippen LogP contribution in [0.1, 0.15) is 33.3 Å². The van der Waals surface area contributed by atoms with Crippen LogP contribution in [0.15, 0.2) is 29.3 Å². The van der Waals surface area contributed by atoms with Crippen molar-refractivity contribution in [3.63, 3.8) is 0 Å². The molecule has 9 heteroatoms. The minimum atomic E-state index is -4.75. The smallest absolute Gasteiger partial charge is 0.405 e. The lowest BCUT2D eigenvalue weighted by Gasteiger charge is -2.18. The van der Waals surface area contributed by atoms with E-state index in [0.717, 1.165) is 0 Å². The first kappa shape index (κ1) is 22.3. The number of rotatable bonds is 7. The summed E-state index contributed by atoms with van der Waals surface area (Å²) in [4.78, 5) is 4.28. The molecule has 0 radical (unpaired) electrons.